The van der Waals surface area contributed by atoms with Crippen LogP contribution in [0.4, 0.5) is 0 Å². The number of halogens is 1. The van der Waals surface area contributed by atoms with E-state index < -0.39 is 0 Å². The molecule has 5 heteroatoms. The van der Waals surface area contributed by atoms with Gasteiger partial charge < -0.3 is 5.32 Å². The Kier molecular flexibility index (Phi) is 4.67. The molecule has 24 heavy (non-hydrogen) atoms. The molecule has 3 rings (SSSR count). The van der Waals surface area contributed by atoms with Crippen molar-refractivity contribution in [2.45, 2.75) is 20.4 Å². The zero-order valence-electron chi connectivity index (χ0n) is 13.6. The molecule has 0 bridgehead atoms. The molecule has 0 saturated carbocycles. The molecule has 3 aromatic rings. The summed E-state index contributed by atoms with van der Waals surface area (Å²) in [5.74, 6) is -0.129. The summed E-state index contributed by atoms with van der Waals surface area (Å²) < 4.78 is 1.74. The molecule has 0 radical (unpaired) electrons. The van der Waals surface area contributed by atoms with Crippen LogP contribution in [0.1, 0.15) is 27.2 Å². The molecular weight excluding hydrogens is 322 g/mol. The second-order valence-corrected chi connectivity index (χ2v) is 6.08. The van der Waals surface area contributed by atoms with Crippen molar-refractivity contribution in [2.24, 2.45) is 0 Å². The lowest BCUT2D eigenvalue weighted by atomic mass is 10.1. The first-order chi connectivity index (χ1) is 11.6. The first-order valence-corrected chi connectivity index (χ1v) is 8.07. The molecule has 122 valence electrons. The molecule has 0 fully saturated rings. The van der Waals surface area contributed by atoms with Gasteiger partial charge in [-0.05, 0) is 49.2 Å². The lowest BCUT2D eigenvalue weighted by Gasteiger charge is -2.08. The second-order valence-electron chi connectivity index (χ2n) is 5.64. The van der Waals surface area contributed by atoms with Gasteiger partial charge in [-0.25, -0.2) is 4.68 Å². The maximum Gasteiger partial charge on any atom is 0.255 e. The lowest BCUT2D eigenvalue weighted by Crippen LogP contribution is -2.23. The van der Waals surface area contributed by atoms with Crippen molar-refractivity contribution < 1.29 is 4.79 Å². The van der Waals surface area contributed by atoms with Crippen LogP contribution in [-0.4, -0.2) is 15.7 Å². The zero-order valence-corrected chi connectivity index (χ0v) is 14.3. The number of hydrogen-bond donors (Lipinski definition) is 1. The number of benzene rings is 2. The Morgan fingerprint density at radius 2 is 1.83 bits per heavy atom. The summed E-state index contributed by atoms with van der Waals surface area (Å²) in [7, 11) is 0. The van der Waals surface area contributed by atoms with Crippen molar-refractivity contribution in [1.82, 2.24) is 15.1 Å². The predicted molar refractivity (Wildman–Crippen MR) is 95.7 cm³/mol. The highest BCUT2D eigenvalue weighted by molar-refractivity contribution is 6.30. The SMILES string of the molecule is Cc1ccccc1CNC(=O)c1cnn(-c2ccc(Cl)cc2)c1C. The number of carbonyl (C=O) groups is 1. The van der Waals surface area contributed by atoms with Crippen LogP contribution in [0.3, 0.4) is 0 Å². The van der Waals surface area contributed by atoms with Crippen molar-refractivity contribution in [3.8, 4) is 5.69 Å². The number of aromatic nitrogens is 2. The number of hydrogen-bond acceptors (Lipinski definition) is 2. The van der Waals surface area contributed by atoms with Crippen molar-refractivity contribution in [3.05, 3.63) is 82.1 Å². The molecule has 4 nitrogen and oxygen atoms in total. The van der Waals surface area contributed by atoms with Crippen LogP contribution in [0.15, 0.2) is 54.7 Å². The highest BCUT2D eigenvalue weighted by atomic mass is 35.5. The van der Waals surface area contributed by atoms with E-state index in [2.05, 4.69) is 10.4 Å². The minimum Gasteiger partial charge on any atom is -0.348 e. The van der Waals surface area contributed by atoms with E-state index >= 15 is 0 Å². The summed E-state index contributed by atoms with van der Waals surface area (Å²) in [6.07, 6.45) is 1.59. The Hall–Kier alpha value is -2.59. The summed E-state index contributed by atoms with van der Waals surface area (Å²) in [4.78, 5) is 12.5. The van der Waals surface area contributed by atoms with Crippen LogP contribution in [0.2, 0.25) is 5.02 Å². The van der Waals surface area contributed by atoms with Gasteiger partial charge in [0, 0.05) is 11.6 Å². The molecular formula is C19H18ClN3O. The van der Waals surface area contributed by atoms with E-state index in [1.165, 1.54) is 0 Å². The fraction of sp³-hybridized carbons (Fsp3) is 0.158. The summed E-state index contributed by atoms with van der Waals surface area (Å²) in [5, 5.41) is 7.95. The minimum atomic E-state index is -0.129. The van der Waals surface area contributed by atoms with Gasteiger partial charge in [-0.3, -0.25) is 4.79 Å². The van der Waals surface area contributed by atoms with Gasteiger partial charge in [0.25, 0.3) is 5.91 Å². The van der Waals surface area contributed by atoms with Gasteiger partial charge in [0.15, 0.2) is 0 Å². The maximum atomic E-state index is 12.5. The molecule has 0 aliphatic carbocycles. The second kappa shape index (κ2) is 6.89. The van der Waals surface area contributed by atoms with Gasteiger partial charge in [0.1, 0.15) is 0 Å². The van der Waals surface area contributed by atoms with Crippen LogP contribution in [0.25, 0.3) is 5.69 Å². The predicted octanol–water partition coefficient (Wildman–Crippen LogP) is 4.07. The van der Waals surface area contributed by atoms with Gasteiger partial charge >= 0.3 is 0 Å². The summed E-state index contributed by atoms with van der Waals surface area (Å²) in [6, 6.07) is 15.4. The van der Waals surface area contributed by atoms with E-state index in [1.807, 2.05) is 50.2 Å². The molecule has 0 aliphatic heterocycles. The van der Waals surface area contributed by atoms with Gasteiger partial charge in [-0.15, -0.1) is 0 Å². The molecule has 0 atom stereocenters. The van der Waals surface area contributed by atoms with Crippen LogP contribution in [-0.2, 0) is 6.54 Å². The summed E-state index contributed by atoms with van der Waals surface area (Å²) >= 11 is 5.91. The van der Waals surface area contributed by atoms with Crippen LogP contribution in [0, 0.1) is 13.8 Å². The monoisotopic (exact) mass is 339 g/mol. The van der Waals surface area contributed by atoms with Crippen molar-refractivity contribution >= 4 is 17.5 Å². The topological polar surface area (TPSA) is 46.9 Å². The molecule has 1 N–H and O–H groups in total. The highest BCUT2D eigenvalue weighted by Crippen LogP contribution is 2.17. The standard InChI is InChI=1S/C19H18ClN3O/c1-13-5-3-4-6-15(13)11-21-19(24)18-12-22-23(14(18)2)17-9-7-16(20)8-10-17/h3-10,12H,11H2,1-2H3,(H,21,24). The van der Waals surface area contributed by atoms with E-state index in [9.17, 15) is 4.79 Å². The summed E-state index contributed by atoms with van der Waals surface area (Å²) in [5.41, 5.74) is 4.49. The Morgan fingerprint density at radius 3 is 2.54 bits per heavy atom. The van der Waals surface area contributed by atoms with Gasteiger partial charge in [-0.2, -0.15) is 5.10 Å². The number of nitrogens with one attached hydrogen (secondary N) is 1. The van der Waals surface area contributed by atoms with Crippen LogP contribution in [0.5, 0.6) is 0 Å². The highest BCUT2D eigenvalue weighted by Gasteiger charge is 2.15. The molecule has 1 amide bonds. The molecule has 2 aromatic carbocycles. The van der Waals surface area contributed by atoms with Gasteiger partial charge in [-0.1, -0.05) is 35.9 Å². The lowest BCUT2D eigenvalue weighted by molar-refractivity contribution is 0.0950. The number of amides is 1. The van der Waals surface area contributed by atoms with E-state index in [1.54, 1.807) is 23.0 Å². The number of aryl methyl sites for hydroxylation is 1. The number of carbonyl (C=O) groups excluding carboxylic acids is 1. The Bertz CT molecular complexity index is 869. The fourth-order valence-electron chi connectivity index (χ4n) is 2.55. The molecule has 0 saturated heterocycles. The number of rotatable bonds is 4. The van der Waals surface area contributed by atoms with Gasteiger partial charge in [0.2, 0.25) is 0 Å². The zero-order chi connectivity index (χ0) is 17.1. The number of nitrogens with zero attached hydrogens (tertiary/aromatic N) is 2. The van der Waals surface area contributed by atoms with E-state index in [0.29, 0.717) is 17.1 Å². The van der Waals surface area contributed by atoms with E-state index in [4.69, 9.17) is 11.6 Å². The van der Waals surface area contributed by atoms with Gasteiger partial charge in [0.05, 0.1) is 23.1 Å². The minimum absolute atomic E-state index is 0.129. The fourth-order valence-corrected chi connectivity index (χ4v) is 2.68. The molecule has 0 spiro atoms. The first-order valence-electron chi connectivity index (χ1n) is 7.69. The molecule has 1 aromatic heterocycles. The summed E-state index contributed by atoms with van der Waals surface area (Å²) in [6.45, 7) is 4.41. The normalized spacial score (nSPS) is 10.6. The first kappa shape index (κ1) is 16.3. The van der Waals surface area contributed by atoms with Crippen molar-refractivity contribution in [2.75, 3.05) is 0 Å². The Morgan fingerprint density at radius 1 is 1.12 bits per heavy atom. The van der Waals surface area contributed by atoms with Crippen LogP contribution >= 0.6 is 11.6 Å². The molecule has 1 heterocycles. The average molecular weight is 340 g/mol. The third kappa shape index (κ3) is 3.34. The van der Waals surface area contributed by atoms with Crippen molar-refractivity contribution in [1.29, 1.82) is 0 Å². The average Bonchev–Trinajstić information content (AvgIpc) is 2.96. The van der Waals surface area contributed by atoms with Crippen molar-refractivity contribution in [3.63, 3.8) is 0 Å². The largest absolute Gasteiger partial charge is 0.348 e. The quantitative estimate of drug-likeness (QED) is 0.778. The Labute approximate surface area is 146 Å². The van der Waals surface area contributed by atoms with Crippen LogP contribution < -0.4 is 5.32 Å². The van der Waals surface area contributed by atoms with E-state index in [0.717, 1.165) is 22.5 Å². The maximum absolute atomic E-state index is 12.5. The van der Waals surface area contributed by atoms with E-state index in [-0.39, 0.29) is 5.91 Å². The molecule has 0 aliphatic rings. The third-order valence-electron chi connectivity index (χ3n) is 4.03. The molecule has 0 unspecified atom stereocenters. The Balaban J connectivity index is 1.76. The smallest absolute Gasteiger partial charge is 0.255 e. The third-order valence-corrected chi connectivity index (χ3v) is 4.28.